The number of halogens is 1. The molecule has 1 unspecified atom stereocenters. The van der Waals surface area contributed by atoms with Crippen molar-refractivity contribution in [3.8, 4) is 0 Å². The number of rotatable bonds is 4. The maximum Gasteiger partial charge on any atom is 0.157 e. The molecule has 3 saturated heterocycles. The number of piperazine rings is 3. The van der Waals surface area contributed by atoms with Gasteiger partial charge in [-0.1, -0.05) is 18.5 Å². The quantitative estimate of drug-likeness (QED) is 0.822. The predicted molar refractivity (Wildman–Crippen MR) is 78.1 cm³/mol. The standard InChI is InChI=1S/C14H21ClN4O/c1-3-10-14(15)11(17(2)16-10)8-13(20)12-9-18-4-6-19(12)7-5-18/h12H,3-9H2,1-2H3. The molecule has 0 N–H and O–H groups in total. The smallest absolute Gasteiger partial charge is 0.157 e. The van der Waals surface area contributed by atoms with Crippen LogP contribution in [0.3, 0.4) is 0 Å². The summed E-state index contributed by atoms with van der Waals surface area (Å²) in [5.74, 6) is 0.266. The first kappa shape index (κ1) is 14.0. The van der Waals surface area contributed by atoms with Gasteiger partial charge in [-0.05, 0) is 6.42 Å². The number of carbonyl (C=O) groups is 1. The fraction of sp³-hybridized carbons (Fsp3) is 0.714. The van der Waals surface area contributed by atoms with Crippen molar-refractivity contribution in [1.82, 2.24) is 19.6 Å². The Kier molecular flexibility index (Phi) is 3.84. The molecule has 20 heavy (non-hydrogen) atoms. The van der Waals surface area contributed by atoms with Crippen LogP contribution in [0.25, 0.3) is 0 Å². The maximum atomic E-state index is 12.6. The van der Waals surface area contributed by atoms with Gasteiger partial charge in [0.05, 0.1) is 28.9 Å². The molecule has 3 aliphatic rings. The molecule has 0 radical (unpaired) electrons. The van der Waals surface area contributed by atoms with Crippen molar-refractivity contribution in [3.05, 3.63) is 16.4 Å². The minimum Gasteiger partial charge on any atom is -0.299 e. The topological polar surface area (TPSA) is 41.4 Å². The minimum absolute atomic E-state index is 0.0357. The van der Waals surface area contributed by atoms with Crippen LogP contribution in [0.4, 0.5) is 0 Å². The SMILES string of the molecule is CCc1nn(C)c(CC(=O)C2CN3CCN2CC3)c1Cl. The zero-order valence-corrected chi connectivity index (χ0v) is 12.9. The van der Waals surface area contributed by atoms with E-state index in [-0.39, 0.29) is 11.8 Å². The van der Waals surface area contributed by atoms with E-state index >= 15 is 0 Å². The van der Waals surface area contributed by atoms with Crippen LogP contribution >= 0.6 is 11.6 Å². The van der Waals surface area contributed by atoms with Gasteiger partial charge in [0.25, 0.3) is 0 Å². The summed E-state index contributed by atoms with van der Waals surface area (Å²) in [5.41, 5.74) is 1.73. The van der Waals surface area contributed by atoms with Gasteiger partial charge in [-0.25, -0.2) is 0 Å². The summed E-state index contributed by atoms with van der Waals surface area (Å²) >= 11 is 6.33. The predicted octanol–water partition coefficient (Wildman–Crippen LogP) is 0.747. The molecule has 1 atom stereocenters. The number of Topliss-reactive ketones (excluding diaryl/α,β-unsaturated/α-hetero) is 1. The van der Waals surface area contributed by atoms with Crippen molar-refractivity contribution in [2.45, 2.75) is 25.8 Å². The molecular formula is C14H21ClN4O. The third kappa shape index (κ3) is 2.38. The second kappa shape index (κ2) is 5.47. The fourth-order valence-electron chi connectivity index (χ4n) is 3.22. The lowest BCUT2D eigenvalue weighted by Gasteiger charge is -2.46. The number of hydrogen-bond donors (Lipinski definition) is 0. The first-order valence-electron chi connectivity index (χ1n) is 7.29. The molecule has 6 heteroatoms. The van der Waals surface area contributed by atoms with Crippen LogP contribution in [0.1, 0.15) is 18.3 Å². The van der Waals surface area contributed by atoms with Crippen LogP contribution in [0, 0.1) is 0 Å². The highest BCUT2D eigenvalue weighted by Gasteiger charge is 2.36. The Balaban J connectivity index is 1.75. The van der Waals surface area contributed by atoms with Crippen molar-refractivity contribution in [3.63, 3.8) is 0 Å². The summed E-state index contributed by atoms with van der Waals surface area (Å²) in [6.07, 6.45) is 1.18. The number of aryl methyl sites for hydroxylation is 2. The highest BCUT2D eigenvalue weighted by atomic mass is 35.5. The first-order valence-corrected chi connectivity index (χ1v) is 7.67. The molecule has 0 saturated carbocycles. The van der Waals surface area contributed by atoms with Crippen LogP contribution in [-0.4, -0.2) is 64.1 Å². The normalized spacial score (nSPS) is 28.9. The molecule has 5 nitrogen and oxygen atoms in total. The summed E-state index contributed by atoms with van der Waals surface area (Å²) in [5, 5.41) is 5.05. The van der Waals surface area contributed by atoms with Gasteiger partial charge in [-0.15, -0.1) is 0 Å². The van der Waals surface area contributed by atoms with Gasteiger partial charge in [-0.2, -0.15) is 5.10 Å². The van der Waals surface area contributed by atoms with Crippen LogP contribution < -0.4 is 0 Å². The lowest BCUT2D eigenvalue weighted by Crippen LogP contribution is -2.63. The number of nitrogens with zero attached hydrogens (tertiary/aromatic N) is 4. The molecule has 4 rings (SSSR count). The Labute approximate surface area is 124 Å². The van der Waals surface area contributed by atoms with Crippen molar-refractivity contribution in [2.24, 2.45) is 7.05 Å². The van der Waals surface area contributed by atoms with Crippen molar-refractivity contribution >= 4 is 17.4 Å². The Morgan fingerprint density at radius 3 is 2.55 bits per heavy atom. The molecule has 3 aliphatic heterocycles. The van der Waals surface area contributed by atoms with E-state index in [1.807, 2.05) is 14.0 Å². The fourth-order valence-corrected chi connectivity index (χ4v) is 3.58. The Bertz CT molecular complexity index is 519. The molecule has 0 spiro atoms. The molecular weight excluding hydrogens is 276 g/mol. The van der Waals surface area contributed by atoms with Crippen LogP contribution in [0.5, 0.6) is 0 Å². The molecule has 0 amide bonds. The van der Waals surface area contributed by atoms with Crippen molar-refractivity contribution in [1.29, 1.82) is 0 Å². The van der Waals surface area contributed by atoms with Gasteiger partial charge in [0, 0.05) is 39.8 Å². The van der Waals surface area contributed by atoms with Gasteiger partial charge >= 0.3 is 0 Å². The van der Waals surface area contributed by atoms with Gasteiger partial charge in [-0.3, -0.25) is 19.3 Å². The summed E-state index contributed by atoms with van der Waals surface area (Å²) < 4.78 is 1.76. The molecule has 110 valence electrons. The van der Waals surface area contributed by atoms with Gasteiger partial charge in [0.1, 0.15) is 0 Å². The summed E-state index contributed by atoms with van der Waals surface area (Å²) in [6.45, 7) is 7.10. The summed E-state index contributed by atoms with van der Waals surface area (Å²) in [6, 6.07) is 0.0357. The van der Waals surface area contributed by atoms with Crippen molar-refractivity contribution in [2.75, 3.05) is 32.7 Å². The maximum absolute atomic E-state index is 12.6. The molecule has 1 aromatic rings. The molecule has 2 bridgehead atoms. The number of hydrogen-bond acceptors (Lipinski definition) is 4. The Morgan fingerprint density at radius 1 is 1.35 bits per heavy atom. The van der Waals surface area contributed by atoms with E-state index in [4.69, 9.17) is 11.6 Å². The lowest BCUT2D eigenvalue weighted by atomic mass is 10.0. The number of carbonyl (C=O) groups excluding carboxylic acids is 1. The van der Waals surface area contributed by atoms with Crippen LogP contribution in [0.2, 0.25) is 5.02 Å². The lowest BCUT2D eigenvalue weighted by molar-refractivity contribution is -0.128. The Hall–Kier alpha value is -0.910. The van der Waals surface area contributed by atoms with Gasteiger partial charge in [0.15, 0.2) is 5.78 Å². The van der Waals surface area contributed by atoms with Crippen molar-refractivity contribution < 1.29 is 4.79 Å². The largest absolute Gasteiger partial charge is 0.299 e. The van der Waals surface area contributed by atoms with E-state index in [2.05, 4.69) is 14.9 Å². The number of ketones is 1. The van der Waals surface area contributed by atoms with Gasteiger partial charge in [0.2, 0.25) is 0 Å². The highest BCUT2D eigenvalue weighted by Crippen LogP contribution is 2.23. The third-order valence-electron chi connectivity index (χ3n) is 4.50. The number of fused-ring (bicyclic) bond motifs is 3. The van der Waals surface area contributed by atoms with E-state index in [1.165, 1.54) is 0 Å². The monoisotopic (exact) mass is 296 g/mol. The second-order valence-electron chi connectivity index (χ2n) is 5.68. The summed E-state index contributed by atoms with van der Waals surface area (Å²) in [7, 11) is 1.87. The third-order valence-corrected chi connectivity index (χ3v) is 4.93. The van der Waals surface area contributed by atoms with Gasteiger partial charge < -0.3 is 0 Å². The highest BCUT2D eigenvalue weighted by molar-refractivity contribution is 6.32. The van der Waals surface area contributed by atoms with Crippen LogP contribution in [0.15, 0.2) is 0 Å². The zero-order valence-electron chi connectivity index (χ0n) is 12.1. The first-order chi connectivity index (χ1) is 9.60. The Morgan fingerprint density at radius 2 is 2.05 bits per heavy atom. The van der Waals surface area contributed by atoms with E-state index in [0.717, 1.165) is 50.5 Å². The summed E-state index contributed by atoms with van der Waals surface area (Å²) in [4.78, 5) is 17.3. The molecule has 4 heterocycles. The molecule has 0 aromatic carbocycles. The van der Waals surface area contributed by atoms with E-state index in [9.17, 15) is 4.79 Å². The second-order valence-corrected chi connectivity index (χ2v) is 6.06. The zero-order chi connectivity index (χ0) is 14.3. The van der Waals surface area contributed by atoms with E-state index in [0.29, 0.717) is 11.4 Å². The average Bonchev–Trinajstić information content (AvgIpc) is 2.75. The van der Waals surface area contributed by atoms with E-state index < -0.39 is 0 Å². The average molecular weight is 297 g/mol. The van der Waals surface area contributed by atoms with Crippen LogP contribution in [-0.2, 0) is 24.7 Å². The molecule has 0 aliphatic carbocycles. The number of aromatic nitrogens is 2. The molecule has 3 fully saturated rings. The molecule has 1 aromatic heterocycles. The van der Waals surface area contributed by atoms with E-state index in [1.54, 1.807) is 4.68 Å². The minimum atomic E-state index is 0.0357.